The van der Waals surface area contributed by atoms with Gasteiger partial charge in [-0.25, -0.2) is 0 Å². The number of nitrogens with one attached hydrogen (secondary N) is 2. The molecule has 0 radical (unpaired) electrons. The van der Waals surface area contributed by atoms with Gasteiger partial charge in [0.15, 0.2) is 0 Å². The summed E-state index contributed by atoms with van der Waals surface area (Å²) in [6.07, 6.45) is 1.01. The molecule has 0 aromatic heterocycles. The van der Waals surface area contributed by atoms with Gasteiger partial charge in [-0.1, -0.05) is 18.2 Å². The third-order valence-corrected chi connectivity index (χ3v) is 6.69. The largest absolute Gasteiger partial charge is 0.493 e. The molecule has 2 aliphatic rings. The minimum Gasteiger partial charge on any atom is -0.493 e. The van der Waals surface area contributed by atoms with Crippen LogP contribution in [0.2, 0.25) is 0 Å². The van der Waals surface area contributed by atoms with Crippen LogP contribution >= 0.6 is 0 Å². The normalized spacial score (nSPS) is 21.7. The minimum atomic E-state index is -3.54. The highest BCUT2D eigenvalue weighted by molar-refractivity contribution is 7.87. The van der Waals surface area contributed by atoms with Gasteiger partial charge in [-0.2, -0.15) is 8.42 Å². The average molecular weight is 405 g/mol. The second kappa shape index (κ2) is 8.51. The maximum absolute atomic E-state index is 12.2. The molecule has 0 amide bonds. The fourth-order valence-corrected chi connectivity index (χ4v) is 4.98. The van der Waals surface area contributed by atoms with Crippen LogP contribution in [0.3, 0.4) is 0 Å². The number of benzene rings is 2. The van der Waals surface area contributed by atoms with E-state index in [1.165, 1.54) is 16.0 Å². The standard InChI is InChI=1S/C21H26N2O4S/c24-28(25,27-20-4-2-1-3-5-20)15-13-22-9-11-23(12-10-22)17-18-6-7-21-19(16-18)8-14-26-21/h1-7,16H,8-15,17H2/p+2. The van der Waals surface area contributed by atoms with E-state index < -0.39 is 10.1 Å². The summed E-state index contributed by atoms with van der Waals surface area (Å²) in [6.45, 7) is 6.51. The van der Waals surface area contributed by atoms with Crippen molar-refractivity contribution >= 4 is 10.1 Å². The molecule has 1 fully saturated rings. The minimum absolute atomic E-state index is 0.0530. The van der Waals surface area contributed by atoms with Crippen molar-refractivity contribution in [1.29, 1.82) is 0 Å². The first-order valence-electron chi connectivity index (χ1n) is 9.96. The summed E-state index contributed by atoms with van der Waals surface area (Å²) in [7, 11) is -3.54. The van der Waals surface area contributed by atoms with E-state index in [1.54, 1.807) is 29.2 Å². The molecule has 150 valence electrons. The molecule has 2 N–H and O–H groups in total. The lowest BCUT2D eigenvalue weighted by molar-refractivity contribution is -1.02. The molecule has 0 atom stereocenters. The lowest BCUT2D eigenvalue weighted by Crippen LogP contribution is -3.27. The molecule has 0 bridgehead atoms. The van der Waals surface area contributed by atoms with Gasteiger partial charge >= 0.3 is 10.1 Å². The van der Waals surface area contributed by atoms with Crippen molar-refractivity contribution in [1.82, 2.24) is 0 Å². The SMILES string of the molecule is O=S(=O)(CC[NH+]1CC[NH+](Cc2ccc3c(c2)CCO3)CC1)Oc1ccccc1. The highest BCUT2D eigenvalue weighted by Crippen LogP contribution is 2.25. The third-order valence-electron chi connectivity index (χ3n) is 5.54. The van der Waals surface area contributed by atoms with E-state index in [2.05, 4.69) is 18.2 Å². The molecule has 0 unspecified atom stereocenters. The van der Waals surface area contributed by atoms with E-state index >= 15 is 0 Å². The Morgan fingerprint density at radius 2 is 1.71 bits per heavy atom. The number of quaternary nitrogens is 2. The van der Waals surface area contributed by atoms with Crippen molar-refractivity contribution in [3.8, 4) is 11.5 Å². The summed E-state index contributed by atoms with van der Waals surface area (Å²) in [5.74, 6) is 1.47. The number of rotatable bonds is 7. The first-order valence-corrected chi connectivity index (χ1v) is 11.5. The zero-order chi connectivity index (χ0) is 19.4. The van der Waals surface area contributed by atoms with E-state index in [0.717, 1.165) is 51.5 Å². The van der Waals surface area contributed by atoms with Crippen molar-refractivity contribution in [3.63, 3.8) is 0 Å². The van der Waals surface area contributed by atoms with Gasteiger partial charge in [-0.15, -0.1) is 0 Å². The lowest BCUT2D eigenvalue weighted by Gasteiger charge is -2.29. The molecule has 2 aromatic carbocycles. The van der Waals surface area contributed by atoms with Gasteiger partial charge in [0.2, 0.25) is 0 Å². The molecule has 1 saturated heterocycles. The highest BCUT2D eigenvalue weighted by atomic mass is 32.2. The number of para-hydroxylation sites is 1. The van der Waals surface area contributed by atoms with E-state index in [0.29, 0.717) is 12.3 Å². The molecule has 2 heterocycles. The summed E-state index contributed by atoms with van der Waals surface area (Å²) < 4.78 is 35.1. The van der Waals surface area contributed by atoms with E-state index in [1.807, 2.05) is 6.07 Å². The van der Waals surface area contributed by atoms with Gasteiger partial charge in [-0.05, 0) is 35.9 Å². The van der Waals surface area contributed by atoms with E-state index in [-0.39, 0.29) is 5.75 Å². The molecule has 6 nitrogen and oxygen atoms in total. The molecular weight excluding hydrogens is 376 g/mol. The second-order valence-electron chi connectivity index (χ2n) is 7.63. The molecule has 0 spiro atoms. The van der Waals surface area contributed by atoms with Crippen LogP contribution in [0, 0.1) is 0 Å². The van der Waals surface area contributed by atoms with Crippen molar-refractivity contribution < 1.29 is 27.1 Å². The maximum Gasteiger partial charge on any atom is 0.314 e. The topological polar surface area (TPSA) is 61.5 Å². The van der Waals surface area contributed by atoms with Crippen LogP contribution in [-0.2, 0) is 23.1 Å². The number of piperazine rings is 1. The van der Waals surface area contributed by atoms with Gasteiger partial charge in [0.25, 0.3) is 0 Å². The zero-order valence-electron chi connectivity index (χ0n) is 16.0. The van der Waals surface area contributed by atoms with Crippen LogP contribution in [0.4, 0.5) is 0 Å². The monoisotopic (exact) mass is 404 g/mol. The Kier molecular flexibility index (Phi) is 5.85. The number of hydrogen-bond acceptors (Lipinski definition) is 4. The smallest absolute Gasteiger partial charge is 0.314 e. The van der Waals surface area contributed by atoms with Crippen LogP contribution in [0.25, 0.3) is 0 Å². The van der Waals surface area contributed by atoms with Gasteiger partial charge in [0.1, 0.15) is 50.0 Å². The van der Waals surface area contributed by atoms with E-state index in [4.69, 9.17) is 8.92 Å². The summed E-state index contributed by atoms with van der Waals surface area (Å²) in [4.78, 5) is 2.90. The summed E-state index contributed by atoms with van der Waals surface area (Å²) in [5, 5.41) is 0. The van der Waals surface area contributed by atoms with Crippen molar-refractivity contribution in [2.45, 2.75) is 13.0 Å². The number of fused-ring (bicyclic) bond motifs is 1. The molecule has 2 aromatic rings. The predicted octanol–water partition coefficient (Wildman–Crippen LogP) is -0.686. The fourth-order valence-electron chi connectivity index (χ4n) is 3.96. The van der Waals surface area contributed by atoms with E-state index in [9.17, 15) is 8.42 Å². The van der Waals surface area contributed by atoms with Crippen LogP contribution in [-0.4, -0.2) is 53.5 Å². The van der Waals surface area contributed by atoms with Crippen LogP contribution < -0.4 is 18.7 Å². The Hall–Kier alpha value is -2.09. The Morgan fingerprint density at radius 1 is 0.964 bits per heavy atom. The summed E-state index contributed by atoms with van der Waals surface area (Å²) >= 11 is 0. The summed E-state index contributed by atoms with van der Waals surface area (Å²) in [6, 6.07) is 15.2. The number of hydrogen-bond donors (Lipinski definition) is 2. The number of ether oxygens (including phenoxy) is 1. The first kappa shape index (κ1) is 19.2. The third kappa shape index (κ3) is 5.04. The molecule has 0 saturated carbocycles. The predicted molar refractivity (Wildman–Crippen MR) is 106 cm³/mol. The molecule has 28 heavy (non-hydrogen) atoms. The van der Waals surface area contributed by atoms with Crippen LogP contribution in [0.1, 0.15) is 11.1 Å². The maximum atomic E-state index is 12.2. The average Bonchev–Trinajstić information content (AvgIpc) is 3.16. The zero-order valence-corrected chi connectivity index (χ0v) is 16.8. The van der Waals surface area contributed by atoms with Gasteiger partial charge < -0.3 is 18.7 Å². The van der Waals surface area contributed by atoms with Crippen molar-refractivity contribution in [2.24, 2.45) is 0 Å². The molecule has 2 aliphatic heterocycles. The lowest BCUT2D eigenvalue weighted by atomic mass is 10.1. The van der Waals surface area contributed by atoms with Gasteiger partial charge in [0.05, 0.1) is 13.2 Å². The van der Waals surface area contributed by atoms with Gasteiger partial charge in [-0.3, -0.25) is 0 Å². The summed E-state index contributed by atoms with van der Waals surface area (Å²) in [5.41, 5.74) is 2.69. The van der Waals surface area contributed by atoms with Crippen LogP contribution in [0.15, 0.2) is 48.5 Å². The molecule has 4 rings (SSSR count). The Bertz CT molecular complexity index is 894. The van der Waals surface area contributed by atoms with Crippen LogP contribution in [0.5, 0.6) is 11.5 Å². The second-order valence-corrected chi connectivity index (χ2v) is 9.32. The van der Waals surface area contributed by atoms with Crippen molar-refractivity contribution in [3.05, 3.63) is 59.7 Å². The van der Waals surface area contributed by atoms with Gasteiger partial charge in [0, 0.05) is 12.0 Å². The first-order chi connectivity index (χ1) is 13.6. The highest BCUT2D eigenvalue weighted by Gasteiger charge is 2.25. The molecule has 7 heteroatoms. The fraction of sp³-hybridized carbons (Fsp3) is 0.429. The molecular formula is C21H28N2O4S+2. The Labute approximate surface area is 166 Å². The molecule has 0 aliphatic carbocycles. The Balaban J connectivity index is 1.22. The quantitative estimate of drug-likeness (QED) is 0.600. The van der Waals surface area contributed by atoms with Crippen molar-refractivity contribution in [2.75, 3.05) is 45.1 Å². The Morgan fingerprint density at radius 3 is 2.50 bits per heavy atom.